The zero-order chi connectivity index (χ0) is 13.5. The van der Waals surface area contributed by atoms with Gasteiger partial charge in [-0.2, -0.15) is 0 Å². The number of rotatable bonds is 5. The summed E-state index contributed by atoms with van der Waals surface area (Å²) >= 11 is 0. The first-order chi connectivity index (χ1) is 9.25. The second-order valence-corrected chi connectivity index (χ2v) is 5.51. The average Bonchev–Trinajstić information content (AvgIpc) is 2.47. The third kappa shape index (κ3) is 5.51. The van der Waals surface area contributed by atoms with Crippen molar-refractivity contribution < 1.29 is 4.79 Å². The van der Waals surface area contributed by atoms with Crippen LogP contribution in [0.5, 0.6) is 0 Å². The van der Waals surface area contributed by atoms with Crippen molar-refractivity contribution in [2.75, 3.05) is 19.6 Å². The van der Waals surface area contributed by atoms with E-state index in [1.54, 1.807) is 0 Å². The highest BCUT2D eigenvalue weighted by atomic mass is 35.5. The average molecular weight is 297 g/mol. The lowest BCUT2D eigenvalue weighted by Crippen LogP contribution is -2.33. The summed E-state index contributed by atoms with van der Waals surface area (Å²) in [6.07, 6.45) is 2.94. The summed E-state index contributed by atoms with van der Waals surface area (Å²) in [6, 6.07) is 10.3. The van der Waals surface area contributed by atoms with E-state index in [-0.39, 0.29) is 18.3 Å². The molecule has 1 aromatic rings. The lowest BCUT2D eigenvalue weighted by atomic mass is 9.94. The SMILES string of the molecule is C[C@@H](CNC(=O)CC1CCNCC1)c1ccccc1.Cl. The molecule has 1 amide bonds. The molecule has 3 nitrogen and oxygen atoms in total. The predicted molar refractivity (Wildman–Crippen MR) is 85.3 cm³/mol. The monoisotopic (exact) mass is 296 g/mol. The van der Waals surface area contributed by atoms with E-state index in [1.165, 1.54) is 5.56 Å². The summed E-state index contributed by atoms with van der Waals surface area (Å²) in [4.78, 5) is 11.9. The Morgan fingerprint density at radius 2 is 1.95 bits per heavy atom. The van der Waals surface area contributed by atoms with E-state index in [0.29, 0.717) is 18.3 Å². The predicted octanol–water partition coefficient (Wildman–Crippen LogP) is 2.72. The maximum Gasteiger partial charge on any atom is 0.220 e. The molecule has 0 unspecified atom stereocenters. The van der Waals surface area contributed by atoms with Crippen LogP contribution < -0.4 is 10.6 Å². The van der Waals surface area contributed by atoms with Crippen molar-refractivity contribution in [3.05, 3.63) is 35.9 Å². The lowest BCUT2D eigenvalue weighted by Gasteiger charge is -2.22. The van der Waals surface area contributed by atoms with E-state index >= 15 is 0 Å². The Hall–Kier alpha value is -1.06. The Bertz CT molecular complexity index is 391. The first kappa shape index (κ1) is 17.0. The molecule has 20 heavy (non-hydrogen) atoms. The summed E-state index contributed by atoms with van der Waals surface area (Å²) in [5.41, 5.74) is 1.28. The van der Waals surface area contributed by atoms with Crippen LogP contribution in [0.15, 0.2) is 30.3 Å². The molecular formula is C16H25ClN2O. The van der Waals surface area contributed by atoms with Gasteiger partial charge in [0.15, 0.2) is 0 Å². The molecule has 0 aromatic heterocycles. The minimum atomic E-state index is 0. The maximum absolute atomic E-state index is 11.9. The number of halogens is 1. The molecule has 0 spiro atoms. The van der Waals surface area contributed by atoms with Crippen molar-refractivity contribution >= 4 is 18.3 Å². The van der Waals surface area contributed by atoms with Crippen molar-refractivity contribution in [1.82, 2.24) is 10.6 Å². The molecule has 1 atom stereocenters. The van der Waals surface area contributed by atoms with Crippen LogP contribution in [0, 0.1) is 5.92 Å². The largest absolute Gasteiger partial charge is 0.355 e. The second-order valence-electron chi connectivity index (χ2n) is 5.51. The minimum Gasteiger partial charge on any atom is -0.355 e. The van der Waals surface area contributed by atoms with Crippen LogP contribution in [0.3, 0.4) is 0 Å². The molecule has 0 saturated carbocycles. The van der Waals surface area contributed by atoms with Gasteiger partial charge in [0.1, 0.15) is 0 Å². The van der Waals surface area contributed by atoms with Gasteiger partial charge < -0.3 is 10.6 Å². The van der Waals surface area contributed by atoms with Crippen LogP contribution in [-0.2, 0) is 4.79 Å². The van der Waals surface area contributed by atoms with Crippen LogP contribution in [0.4, 0.5) is 0 Å². The zero-order valence-corrected chi connectivity index (χ0v) is 12.9. The number of carbonyl (C=O) groups is 1. The molecule has 4 heteroatoms. The van der Waals surface area contributed by atoms with Crippen molar-refractivity contribution in [3.8, 4) is 0 Å². The molecule has 1 aromatic carbocycles. The molecule has 1 saturated heterocycles. The van der Waals surface area contributed by atoms with Gasteiger partial charge in [-0.15, -0.1) is 12.4 Å². The number of benzene rings is 1. The Balaban J connectivity index is 0.00000200. The fourth-order valence-electron chi connectivity index (χ4n) is 2.59. The Labute approximate surface area is 127 Å². The number of hydrogen-bond acceptors (Lipinski definition) is 2. The van der Waals surface area contributed by atoms with Crippen LogP contribution in [0.1, 0.15) is 37.7 Å². The molecule has 1 aliphatic rings. The molecule has 112 valence electrons. The van der Waals surface area contributed by atoms with Gasteiger partial charge in [-0.05, 0) is 43.3 Å². The van der Waals surface area contributed by atoms with Crippen LogP contribution >= 0.6 is 12.4 Å². The first-order valence-electron chi connectivity index (χ1n) is 7.28. The number of nitrogens with one attached hydrogen (secondary N) is 2. The molecule has 1 heterocycles. The van der Waals surface area contributed by atoms with Gasteiger partial charge in [0.2, 0.25) is 5.91 Å². The molecule has 0 bridgehead atoms. The molecule has 2 N–H and O–H groups in total. The third-order valence-electron chi connectivity index (χ3n) is 3.91. The highest BCUT2D eigenvalue weighted by Crippen LogP contribution is 2.16. The molecule has 0 radical (unpaired) electrons. The van der Waals surface area contributed by atoms with Gasteiger partial charge in [0.25, 0.3) is 0 Å². The summed E-state index contributed by atoms with van der Waals surface area (Å²) < 4.78 is 0. The standard InChI is InChI=1S/C16H24N2O.ClH/c1-13(15-5-3-2-4-6-15)12-18-16(19)11-14-7-9-17-10-8-14;/h2-6,13-14,17H,7-12H2,1H3,(H,18,19);1H/t13-;/m0./s1. The van der Waals surface area contributed by atoms with Crippen molar-refractivity contribution in [1.29, 1.82) is 0 Å². The van der Waals surface area contributed by atoms with Crippen molar-refractivity contribution in [3.63, 3.8) is 0 Å². The third-order valence-corrected chi connectivity index (χ3v) is 3.91. The quantitative estimate of drug-likeness (QED) is 0.877. The highest BCUT2D eigenvalue weighted by molar-refractivity contribution is 5.85. The number of hydrogen-bond donors (Lipinski definition) is 2. The Morgan fingerprint density at radius 1 is 1.30 bits per heavy atom. The summed E-state index contributed by atoms with van der Waals surface area (Å²) in [5.74, 6) is 1.14. The Kier molecular flexibility index (Phi) is 7.63. The van der Waals surface area contributed by atoms with Gasteiger partial charge in [-0.3, -0.25) is 4.79 Å². The number of piperidine rings is 1. The van der Waals surface area contributed by atoms with Gasteiger partial charge in [0, 0.05) is 13.0 Å². The first-order valence-corrected chi connectivity index (χ1v) is 7.28. The van der Waals surface area contributed by atoms with E-state index in [0.717, 1.165) is 32.5 Å². The fourth-order valence-corrected chi connectivity index (χ4v) is 2.59. The highest BCUT2D eigenvalue weighted by Gasteiger charge is 2.17. The molecule has 1 aliphatic heterocycles. The van der Waals surface area contributed by atoms with Crippen molar-refractivity contribution in [2.45, 2.75) is 32.1 Å². The van der Waals surface area contributed by atoms with Gasteiger partial charge in [-0.25, -0.2) is 0 Å². The molecule has 1 fully saturated rings. The second kappa shape index (κ2) is 8.98. The van der Waals surface area contributed by atoms with Gasteiger partial charge in [0.05, 0.1) is 0 Å². The van der Waals surface area contributed by atoms with E-state index in [4.69, 9.17) is 0 Å². The maximum atomic E-state index is 11.9. The van der Waals surface area contributed by atoms with Crippen LogP contribution in [0.25, 0.3) is 0 Å². The van der Waals surface area contributed by atoms with Crippen LogP contribution in [-0.4, -0.2) is 25.5 Å². The normalized spacial score (nSPS) is 17.1. The summed E-state index contributed by atoms with van der Waals surface area (Å²) in [7, 11) is 0. The summed E-state index contributed by atoms with van der Waals surface area (Å²) in [6.45, 7) is 4.99. The van der Waals surface area contributed by atoms with E-state index in [9.17, 15) is 4.79 Å². The van der Waals surface area contributed by atoms with Gasteiger partial charge in [-0.1, -0.05) is 37.3 Å². The number of amides is 1. The smallest absolute Gasteiger partial charge is 0.220 e. The topological polar surface area (TPSA) is 41.1 Å². The van der Waals surface area contributed by atoms with E-state index < -0.39 is 0 Å². The van der Waals surface area contributed by atoms with E-state index in [2.05, 4.69) is 29.7 Å². The van der Waals surface area contributed by atoms with Crippen molar-refractivity contribution in [2.24, 2.45) is 5.92 Å². The lowest BCUT2D eigenvalue weighted by molar-refractivity contribution is -0.122. The molecular weight excluding hydrogens is 272 g/mol. The zero-order valence-electron chi connectivity index (χ0n) is 12.1. The molecule has 0 aliphatic carbocycles. The number of carbonyl (C=O) groups excluding carboxylic acids is 1. The Morgan fingerprint density at radius 3 is 2.60 bits per heavy atom. The molecule has 2 rings (SSSR count). The van der Waals surface area contributed by atoms with E-state index in [1.807, 2.05) is 18.2 Å². The van der Waals surface area contributed by atoms with Crippen LogP contribution in [0.2, 0.25) is 0 Å². The van der Waals surface area contributed by atoms with Gasteiger partial charge >= 0.3 is 0 Å². The fraction of sp³-hybridized carbons (Fsp3) is 0.562. The minimum absolute atomic E-state index is 0. The summed E-state index contributed by atoms with van der Waals surface area (Å²) in [5, 5.41) is 6.40.